The quantitative estimate of drug-likeness (QED) is 0.214. The molecule has 0 fully saturated rings. The first-order valence-corrected chi connectivity index (χ1v) is 9.29. The van der Waals surface area contributed by atoms with Gasteiger partial charge in [-0.05, 0) is 30.0 Å². The smallest absolute Gasteiger partial charge is 0.322 e. The molecule has 0 heterocycles. The van der Waals surface area contributed by atoms with Gasteiger partial charge in [-0.25, -0.2) is 0 Å². The molecule has 0 aliphatic rings. The fourth-order valence-electron chi connectivity index (χ4n) is 2.52. The molecule has 1 aromatic rings. The second kappa shape index (κ2) is 11.7. The van der Waals surface area contributed by atoms with Gasteiger partial charge in [-0.15, -0.1) is 0 Å². The lowest BCUT2D eigenvalue weighted by Gasteiger charge is -2.25. The first-order chi connectivity index (χ1) is 14.0. The van der Waals surface area contributed by atoms with E-state index in [1.165, 1.54) is 12.1 Å². The molecule has 0 radical (unpaired) electrons. The largest absolute Gasteiger partial charge is 0.508 e. The first kappa shape index (κ1) is 24.9. The third-order valence-corrected chi connectivity index (χ3v) is 4.21. The van der Waals surface area contributed by atoms with Crippen LogP contribution in [-0.2, 0) is 25.6 Å². The summed E-state index contributed by atoms with van der Waals surface area (Å²) in [4.78, 5) is 47.4. The predicted octanol–water partition coefficient (Wildman–Crippen LogP) is -1.92. The number of phenols is 1. The van der Waals surface area contributed by atoms with Crippen LogP contribution >= 0.6 is 0 Å². The molecule has 11 nitrogen and oxygen atoms in total. The van der Waals surface area contributed by atoms with Crippen molar-refractivity contribution in [2.24, 2.45) is 11.7 Å². The first-order valence-electron chi connectivity index (χ1n) is 9.29. The van der Waals surface area contributed by atoms with Crippen LogP contribution in [0.15, 0.2) is 24.3 Å². The maximum absolute atomic E-state index is 12.5. The zero-order valence-corrected chi connectivity index (χ0v) is 16.8. The zero-order chi connectivity index (χ0) is 22.8. The fraction of sp³-hybridized carbons (Fsp3) is 0.474. The van der Waals surface area contributed by atoms with Gasteiger partial charge in [-0.3, -0.25) is 19.2 Å². The maximum Gasteiger partial charge on any atom is 0.322 e. The molecule has 1 rings (SSSR count). The van der Waals surface area contributed by atoms with Gasteiger partial charge in [0.05, 0.1) is 12.6 Å². The number of aromatic hydroxyl groups is 1. The van der Waals surface area contributed by atoms with Crippen LogP contribution in [0.2, 0.25) is 0 Å². The summed E-state index contributed by atoms with van der Waals surface area (Å²) in [6.45, 7) is 1.93. The molecular formula is C19H28N4O7. The van der Waals surface area contributed by atoms with E-state index >= 15 is 0 Å². The Morgan fingerprint density at radius 2 is 1.60 bits per heavy atom. The zero-order valence-electron chi connectivity index (χ0n) is 16.8. The van der Waals surface area contributed by atoms with Crippen LogP contribution in [0.4, 0.5) is 0 Å². The van der Waals surface area contributed by atoms with E-state index in [9.17, 15) is 29.4 Å². The Morgan fingerprint density at radius 3 is 2.10 bits per heavy atom. The molecule has 0 saturated heterocycles. The predicted molar refractivity (Wildman–Crippen MR) is 106 cm³/mol. The Balaban J connectivity index is 2.73. The summed E-state index contributed by atoms with van der Waals surface area (Å²) in [7, 11) is 0. The van der Waals surface area contributed by atoms with Crippen molar-refractivity contribution >= 4 is 23.7 Å². The molecule has 0 aromatic heterocycles. The summed E-state index contributed by atoms with van der Waals surface area (Å²) in [5.74, 6) is -3.74. The minimum atomic E-state index is -1.37. The normalized spacial score (nSPS) is 13.8. The van der Waals surface area contributed by atoms with Gasteiger partial charge in [-0.2, -0.15) is 0 Å². The van der Waals surface area contributed by atoms with Crippen molar-refractivity contribution in [2.45, 2.75) is 38.4 Å². The number of nitrogens with two attached hydrogens (primary N) is 1. The van der Waals surface area contributed by atoms with Gasteiger partial charge in [-0.1, -0.05) is 26.0 Å². The molecule has 3 amide bonds. The lowest BCUT2D eigenvalue weighted by Crippen LogP contribution is -2.58. The number of hydrogen-bond acceptors (Lipinski definition) is 7. The number of carboxylic acids is 1. The highest BCUT2D eigenvalue weighted by Crippen LogP contribution is 2.11. The van der Waals surface area contributed by atoms with E-state index in [0.717, 1.165) is 5.56 Å². The van der Waals surface area contributed by atoms with Gasteiger partial charge in [0.2, 0.25) is 17.7 Å². The number of aliphatic hydroxyl groups is 1. The van der Waals surface area contributed by atoms with Crippen molar-refractivity contribution in [2.75, 3.05) is 13.2 Å². The molecule has 0 aliphatic heterocycles. The van der Waals surface area contributed by atoms with E-state index in [1.54, 1.807) is 26.0 Å². The highest BCUT2D eigenvalue weighted by molar-refractivity contribution is 5.93. The molecule has 0 bridgehead atoms. The summed E-state index contributed by atoms with van der Waals surface area (Å²) in [5.41, 5.74) is 6.63. The second-order valence-electron chi connectivity index (χ2n) is 7.06. The van der Waals surface area contributed by atoms with Crippen LogP contribution in [0.25, 0.3) is 0 Å². The molecule has 0 aliphatic carbocycles. The van der Waals surface area contributed by atoms with Crippen LogP contribution in [0, 0.1) is 5.92 Å². The number of rotatable bonds is 11. The molecule has 0 saturated carbocycles. The third-order valence-electron chi connectivity index (χ3n) is 4.21. The average molecular weight is 424 g/mol. The SMILES string of the molecule is CC(C)C(NC(=O)C(N)Cc1ccc(O)cc1)C(=O)NC(CO)C(=O)NCC(=O)O. The topological polar surface area (TPSA) is 191 Å². The molecular weight excluding hydrogens is 396 g/mol. The van der Waals surface area contributed by atoms with E-state index in [-0.39, 0.29) is 18.1 Å². The third kappa shape index (κ3) is 8.05. The van der Waals surface area contributed by atoms with Gasteiger partial charge in [0.15, 0.2) is 0 Å². The fourth-order valence-corrected chi connectivity index (χ4v) is 2.52. The Kier molecular flexibility index (Phi) is 9.72. The Bertz CT molecular complexity index is 752. The van der Waals surface area contributed by atoms with Gasteiger partial charge >= 0.3 is 5.97 Å². The maximum atomic E-state index is 12.5. The summed E-state index contributed by atoms with van der Waals surface area (Å²) in [6.07, 6.45) is 0.176. The number of aliphatic hydroxyl groups excluding tert-OH is 1. The number of amides is 3. The van der Waals surface area contributed by atoms with E-state index in [2.05, 4.69) is 16.0 Å². The number of hydrogen-bond donors (Lipinski definition) is 7. The van der Waals surface area contributed by atoms with Crippen LogP contribution in [-0.4, -0.2) is 70.3 Å². The van der Waals surface area contributed by atoms with Crippen LogP contribution in [0.1, 0.15) is 19.4 Å². The number of phenolic OH excluding ortho intramolecular Hbond substituents is 1. The Morgan fingerprint density at radius 1 is 1.00 bits per heavy atom. The summed E-state index contributed by atoms with van der Waals surface area (Å²) >= 11 is 0. The Labute approximate surface area is 173 Å². The monoisotopic (exact) mass is 424 g/mol. The molecule has 3 atom stereocenters. The number of nitrogens with one attached hydrogen (secondary N) is 3. The van der Waals surface area contributed by atoms with Crippen molar-refractivity contribution in [3.05, 3.63) is 29.8 Å². The van der Waals surface area contributed by atoms with Crippen molar-refractivity contribution in [3.8, 4) is 5.75 Å². The van der Waals surface area contributed by atoms with Crippen molar-refractivity contribution in [1.82, 2.24) is 16.0 Å². The van der Waals surface area contributed by atoms with Gasteiger partial charge in [0, 0.05) is 0 Å². The van der Waals surface area contributed by atoms with E-state index < -0.39 is 55.0 Å². The average Bonchev–Trinajstić information content (AvgIpc) is 2.69. The minimum Gasteiger partial charge on any atom is -0.508 e. The highest BCUT2D eigenvalue weighted by atomic mass is 16.4. The number of aliphatic carboxylic acids is 1. The van der Waals surface area contributed by atoms with E-state index in [4.69, 9.17) is 10.8 Å². The van der Waals surface area contributed by atoms with E-state index in [0.29, 0.717) is 0 Å². The molecule has 11 heteroatoms. The van der Waals surface area contributed by atoms with Crippen molar-refractivity contribution < 1.29 is 34.5 Å². The van der Waals surface area contributed by atoms with Crippen LogP contribution in [0.5, 0.6) is 5.75 Å². The molecule has 8 N–H and O–H groups in total. The number of benzene rings is 1. The number of carboxylic acid groups (broad SMARTS) is 1. The second-order valence-corrected chi connectivity index (χ2v) is 7.06. The minimum absolute atomic E-state index is 0.0825. The highest BCUT2D eigenvalue weighted by Gasteiger charge is 2.30. The number of carbonyl (C=O) groups is 4. The molecule has 166 valence electrons. The summed E-state index contributed by atoms with van der Waals surface area (Å²) < 4.78 is 0. The van der Waals surface area contributed by atoms with E-state index in [1.807, 2.05) is 0 Å². The van der Waals surface area contributed by atoms with Gasteiger partial charge in [0.1, 0.15) is 24.4 Å². The molecule has 3 unspecified atom stereocenters. The number of carbonyl (C=O) groups excluding carboxylic acids is 3. The molecule has 30 heavy (non-hydrogen) atoms. The Hall–Kier alpha value is -3.18. The lowest BCUT2D eigenvalue weighted by molar-refractivity contribution is -0.139. The van der Waals surface area contributed by atoms with Gasteiger partial charge < -0.3 is 37.0 Å². The molecule has 0 spiro atoms. The van der Waals surface area contributed by atoms with Crippen molar-refractivity contribution in [3.63, 3.8) is 0 Å². The summed E-state index contributed by atoms with van der Waals surface area (Å²) in [6, 6.07) is 2.80. The van der Waals surface area contributed by atoms with Crippen LogP contribution in [0.3, 0.4) is 0 Å². The van der Waals surface area contributed by atoms with Gasteiger partial charge in [0.25, 0.3) is 0 Å². The standard InChI is InChI=1S/C19H28N4O7/c1-10(2)16(19(30)22-14(9-24)18(29)21-8-15(26)27)23-17(28)13(20)7-11-3-5-12(25)6-4-11/h3-6,10,13-14,16,24-25H,7-9,20H2,1-2H3,(H,21,29)(H,22,30)(H,23,28)(H,26,27). The van der Waals surface area contributed by atoms with Crippen LogP contribution < -0.4 is 21.7 Å². The van der Waals surface area contributed by atoms with Crippen molar-refractivity contribution in [1.29, 1.82) is 0 Å². The lowest BCUT2D eigenvalue weighted by atomic mass is 10.0. The molecule has 1 aromatic carbocycles. The summed E-state index contributed by atoms with van der Waals surface area (Å²) in [5, 5.41) is 34.1.